The monoisotopic (exact) mass is 195 g/mol. The van der Waals surface area contributed by atoms with E-state index in [0.29, 0.717) is 0 Å². The molecule has 0 aliphatic carbocycles. The van der Waals surface area contributed by atoms with Crippen LogP contribution in [0.5, 0.6) is 11.5 Å². The van der Waals surface area contributed by atoms with Gasteiger partial charge in [-0.1, -0.05) is 6.07 Å². The van der Waals surface area contributed by atoms with E-state index in [4.69, 9.17) is 20.2 Å². The van der Waals surface area contributed by atoms with E-state index in [1.807, 2.05) is 32.0 Å². The first-order chi connectivity index (χ1) is 6.63. The minimum atomic E-state index is -0.513. The number of hydrogen-bond donors (Lipinski definition) is 1. The molecule has 76 valence electrons. The molecule has 1 heterocycles. The molecule has 0 atom stereocenters. The highest BCUT2D eigenvalue weighted by molar-refractivity contribution is 5.45. The van der Waals surface area contributed by atoms with Crippen molar-refractivity contribution in [3.8, 4) is 11.5 Å². The van der Waals surface area contributed by atoms with Crippen LogP contribution in [0.15, 0.2) is 18.2 Å². The van der Waals surface area contributed by atoms with Crippen LogP contribution in [0.1, 0.15) is 19.4 Å². The fourth-order valence-electron chi connectivity index (χ4n) is 1.34. The minimum Gasteiger partial charge on any atom is -0.454 e. The van der Waals surface area contributed by atoms with Crippen molar-refractivity contribution in [1.82, 2.24) is 0 Å². The van der Waals surface area contributed by atoms with E-state index in [9.17, 15) is 0 Å². The number of nitrogens with two attached hydrogens (primary N) is 1. The van der Waals surface area contributed by atoms with Crippen LogP contribution in [0.2, 0.25) is 0 Å². The van der Waals surface area contributed by atoms with Crippen molar-refractivity contribution in [2.45, 2.75) is 19.4 Å². The largest absolute Gasteiger partial charge is 0.454 e. The zero-order valence-electron chi connectivity index (χ0n) is 8.24. The van der Waals surface area contributed by atoms with Crippen molar-refractivity contribution in [2.24, 2.45) is 5.90 Å². The average Bonchev–Trinajstić information content (AvgIpc) is 2.64. The standard InChI is InChI=1S/C10H13NO3/c1-10(2,14-11)7-3-4-8-9(5-7)13-6-12-8/h3-5H,6,11H2,1-2H3. The Kier molecular flexibility index (Phi) is 2.09. The first kappa shape index (κ1) is 9.30. The molecule has 0 bridgehead atoms. The van der Waals surface area contributed by atoms with Crippen LogP contribution in [-0.2, 0) is 10.4 Å². The van der Waals surface area contributed by atoms with E-state index >= 15 is 0 Å². The molecule has 0 saturated heterocycles. The zero-order valence-corrected chi connectivity index (χ0v) is 8.24. The average molecular weight is 195 g/mol. The molecule has 0 fully saturated rings. The Labute approximate surface area is 82.5 Å². The van der Waals surface area contributed by atoms with Gasteiger partial charge in [-0.2, -0.15) is 0 Å². The van der Waals surface area contributed by atoms with Gasteiger partial charge in [0.25, 0.3) is 0 Å². The summed E-state index contributed by atoms with van der Waals surface area (Å²) in [6.45, 7) is 4.07. The summed E-state index contributed by atoms with van der Waals surface area (Å²) in [5.41, 5.74) is 0.449. The van der Waals surface area contributed by atoms with E-state index in [1.165, 1.54) is 0 Å². The number of hydrogen-bond acceptors (Lipinski definition) is 4. The maximum atomic E-state index is 5.26. The summed E-state index contributed by atoms with van der Waals surface area (Å²) in [4.78, 5) is 4.89. The summed E-state index contributed by atoms with van der Waals surface area (Å²) in [6, 6.07) is 5.66. The highest BCUT2D eigenvalue weighted by Gasteiger charge is 2.23. The maximum Gasteiger partial charge on any atom is 0.231 e. The minimum absolute atomic E-state index is 0.280. The lowest BCUT2D eigenvalue weighted by Crippen LogP contribution is -2.25. The van der Waals surface area contributed by atoms with Gasteiger partial charge in [0.1, 0.15) is 5.60 Å². The van der Waals surface area contributed by atoms with Crippen molar-refractivity contribution >= 4 is 0 Å². The van der Waals surface area contributed by atoms with Gasteiger partial charge in [0.05, 0.1) is 0 Å². The molecule has 0 amide bonds. The topological polar surface area (TPSA) is 53.7 Å². The molecule has 1 aliphatic rings. The summed E-state index contributed by atoms with van der Waals surface area (Å²) in [6.07, 6.45) is 0. The van der Waals surface area contributed by atoms with Crippen molar-refractivity contribution in [3.05, 3.63) is 23.8 Å². The SMILES string of the molecule is CC(C)(ON)c1ccc2c(c1)OCO2. The summed E-state index contributed by atoms with van der Waals surface area (Å²) in [7, 11) is 0. The normalized spacial score (nSPS) is 14.5. The number of benzene rings is 1. The third-order valence-electron chi connectivity index (χ3n) is 2.36. The fraction of sp³-hybridized carbons (Fsp3) is 0.400. The van der Waals surface area contributed by atoms with Gasteiger partial charge in [0.2, 0.25) is 6.79 Å². The van der Waals surface area contributed by atoms with E-state index in [-0.39, 0.29) is 6.79 Å². The van der Waals surface area contributed by atoms with Crippen molar-refractivity contribution in [3.63, 3.8) is 0 Å². The maximum absolute atomic E-state index is 5.26. The molecule has 0 spiro atoms. The van der Waals surface area contributed by atoms with Crippen molar-refractivity contribution in [1.29, 1.82) is 0 Å². The summed E-state index contributed by atoms with van der Waals surface area (Å²) in [5.74, 6) is 6.72. The third-order valence-corrected chi connectivity index (χ3v) is 2.36. The molecule has 1 aromatic carbocycles. The van der Waals surface area contributed by atoms with Crippen LogP contribution in [0.25, 0.3) is 0 Å². The molecule has 0 saturated carbocycles. The predicted molar refractivity (Wildman–Crippen MR) is 50.9 cm³/mol. The van der Waals surface area contributed by atoms with Gasteiger partial charge in [0, 0.05) is 0 Å². The summed E-state index contributed by atoms with van der Waals surface area (Å²) < 4.78 is 10.5. The Balaban J connectivity index is 2.38. The van der Waals surface area contributed by atoms with Gasteiger partial charge in [-0.25, -0.2) is 5.90 Å². The molecule has 14 heavy (non-hydrogen) atoms. The van der Waals surface area contributed by atoms with Crippen LogP contribution in [0.4, 0.5) is 0 Å². The summed E-state index contributed by atoms with van der Waals surface area (Å²) in [5, 5.41) is 0. The van der Waals surface area contributed by atoms with E-state index in [1.54, 1.807) is 0 Å². The molecule has 2 rings (SSSR count). The lowest BCUT2D eigenvalue weighted by atomic mass is 9.98. The number of fused-ring (bicyclic) bond motifs is 1. The lowest BCUT2D eigenvalue weighted by Gasteiger charge is -2.22. The molecule has 2 N–H and O–H groups in total. The third kappa shape index (κ3) is 1.42. The first-order valence-corrected chi connectivity index (χ1v) is 4.41. The predicted octanol–water partition coefficient (Wildman–Crippen LogP) is 1.54. The van der Waals surface area contributed by atoms with Crippen molar-refractivity contribution < 1.29 is 14.3 Å². The van der Waals surface area contributed by atoms with Gasteiger partial charge in [-0.05, 0) is 31.5 Å². The molecule has 1 aromatic rings. The van der Waals surface area contributed by atoms with Crippen LogP contribution < -0.4 is 15.4 Å². The molecular formula is C10H13NO3. The van der Waals surface area contributed by atoms with Crippen LogP contribution in [0, 0.1) is 0 Å². The molecule has 1 aliphatic heterocycles. The van der Waals surface area contributed by atoms with Gasteiger partial charge in [-0.15, -0.1) is 0 Å². The molecule has 0 radical (unpaired) electrons. The molecular weight excluding hydrogens is 182 g/mol. The van der Waals surface area contributed by atoms with E-state index in [2.05, 4.69) is 0 Å². The summed E-state index contributed by atoms with van der Waals surface area (Å²) >= 11 is 0. The van der Waals surface area contributed by atoms with Crippen LogP contribution in [0.3, 0.4) is 0 Å². The van der Waals surface area contributed by atoms with Gasteiger partial charge in [0.15, 0.2) is 11.5 Å². The van der Waals surface area contributed by atoms with Crippen LogP contribution in [-0.4, -0.2) is 6.79 Å². The molecule has 0 unspecified atom stereocenters. The fourth-order valence-corrected chi connectivity index (χ4v) is 1.34. The van der Waals surface area contributed by atoms with Gasteiger partial charge < -0.3 is 9.47 Å². The molecule has 4 nitrogen and oxygen atoms in total. The molecule has 4 heteroatoms. The van der Waals surface area contributed by atoms with E-state index in [0.717, 1.165) is 17.1 Å². The Bertz CT molecular complexity index is 349. The Morgan fingerprint density at radius 1 is 1.29 bits per heavy atom. The Morgan fingerprint density at radius 3 is 2.71 bits per heavy atom. The lowest BCUT2D eigenvalue weighted by molar-refractivity contribution is -0.0237. The number of ether oxygens (including phenoxy) is 2. The second kappa shape index (κ2) is 3.15. The Morgan fingerprint density at radius 2 is 2.00 bits per heavy atom. The van der Waals surface area contributed by atoms with Crippen molar-refractivity contribution in [2.75, 3.05) is 6.79 Å². The van der Waals surface area contributed by atoms with Crippen LogP contribution >= 0.6 is 0 Å². The second-order valence-corrected chi connectivity index (χ2v) is 3.70. The van der Waals surface area contributed by atoms with Gasteiger partial charge >= 0.3 is 0 Å². The highest BCUT2D eigenvalue weighted by Crippen LogP contribution is 2.36. The highest BCUT2D eigenvalue weighted by atomic mass is 16.7. The Hall–Kier alpha value is -1.26. The number of rotatable bonds is 2. The quantitative estimate of drug-likeness (QED) is 0.727. The smallest absolute Gasteiger partial charge is 0.231 e. The first-order valence-electron chi connectivity index (χ1n) is 4.41. The van der Waals surface area contributed by atoms with E-state index < -0.39 is 5.60 Å². The zero-order chi connectivity index (χ0) is 10.2. The van der Waals surface area contributed by atoms with Gasteiger partial charge in [-0.3, -0.25) is 4.84 Å². The molecule has 0 aromatic heterocycles. The second-order valence-electron chi connectivity index (χ2n) is 3.70.